The highest BCUT2D eigenvalue weighted by molar-refractivity contribution is 5.66. The minimum atomic E-state index is -0.518. The monoisotopic (exact) mass is 329 g/mol. The molecule has 1 fully saturated rings. The van der Waals surface area contributed by atoms with Crippen LogP contribution < -0.4 is 10.1 Å². The number of anilines is 2. The first-order chi connectivity index (χ1) is 11.6. The largest absolute Gasteiger partial charge is 0.469 e. The SMILES string of the molecule is Cc1cccc(Nc2ncnc(OC3CCCCC3)c2[N+](=O)[O-])n1. The van der Waals surface area contributed by atoms with Crippen molar-refractivity contribution in [3.63, 3.8) is 0 Å². The van der Waals surface area contributed by atoms with Crippen LogP contribution >= 0.6 is 0 Å². The van der Waals surface area contributed by atoms with E-state index in [9.17, 15) is 10.1 Å². The number of hydrogen-bond donors (Lipinski definition) is 1. The third-order valence-corrected chi connectivity index (χ3v) is 3.94. The molecule has 0 atom stereocenters. The average molecular weight is 329 g/mol. The highest BCUT2D eigenvalue weighted by Gasteiger charge is 2.27. The standard InChI is InChI=1S/C16H19N5O3/c1-11-6-5-9-13(19-11)20-15-14(21(22)23)16(18-10-17-15)24-12-7-3-2-4-8-12/h5-6,9-10,12H,2-4,7-8H2,1H3,(H,17,18,19,20). The van der Waals surface area contributed by atoms with E-state index in [0.717, 1.165) is 31.4 Å². The van der Waals surface area contributed by atoms with E-state index >= 15 is 0 Å². The van der Waals surface area contributed by atoms with E-state index in [2.05, 4.69) is 20.3 Å². The van der Waals surface area contributed by atoms with Gasteiger partial charge in [0.05, 0.1) is 4.92 Å². The Kier molecular flexibility index (Phi) is 4.83. The van der Waals surface area contributed by atoms with E-state index in [-0.39, 0.29) is 23.5 Å². The first-order valence-corrected chi connectivity index (χ1v) is 8.00. The molecule has 2 aromatic rings. The van der Waals surface area contributed by atoms with E-state index in [1.54, 1.807) is 6.07 Å². The number of ether oxygens (including phenoxy) is 1. The molecule has 0 amide bonds. The van der Waals surface area contributed by atoms with Gasteiger partial charge in [0.25, 0.3) is 5.88 Å². The van der Waals surface area contributed by atoms with Crippen LogP contribution in [0.4, 0.5) is 17.3 Å². The second-order valence-corrected chi connectivity index (χ2v) is 5.80. The second kappa shape index (κ2) is 7.20. The fourth-order valence-corrected chi connectivity index (χ4v) is 2.78. The number of rotatable bonds is 5. The van der Waals surface area contributed by atoms with Crippen LogP contribution in [0.25, 0.3) is 0 Å². The minimum absolute atomic E-state index is 0.0112. The summed E-state index contributed by atoms with van der Waals surface area (Å²) in [6.45, 7) is 1.84. The van der Waals surface area contributed by atoms with Crippen molar-refractivity contribution >= 4 is 17.3 Å². The Morgan fingerprint density at radius 2 is 2.04 bits per heavy atom. The Bertz CT molecular complexity index is 731. The van der Waals surface area contributed by atoms with Crippen LogP contribution in [0.3, 0.4) is 0 Å². The summed E-state index contributed by atoms with van der Waals surface area (Å²) in [5, 5.41) is 14.4. The summed E-state index contributed by atoms with van der Waals surface area (Å²) < 4.78 is 5.80. The Morgan fingerprint density at radius 3 is 2.75 bits per heavy atom. The zero-order chi connectivity index (χ0) is 16.9. The lowest BCUT2D eigenvalue weighted by molar-refractivity contribution is -0.385. The lowest BCUT2D eigenvalue weighted by Crippen LogP contribution is -2.21. The van der Waals surface area contributed by atoms with Gasteiger partial charge in [-0.05, 0) is 44.7 Å². The van der Waals surface area contributed by atoms with Gasteiger partial charge in [0.15, 0.2) is 0 Å². The number of aromatic nitrogens is 3. The zero-order valence-corrected chi connectivity index (χ0v) is 13.4. The molecule has 0 spiro atoms. The maximum Gasteiger partial charge on any atom is 0.373 e. The molecule has 3 rings (SSSR count). The zero-order valence-electron chi connectivity index (χ0n) is 13.4. The number of nitrogens with one attached hydrogen (secondary N) is 1. The first-order valence-electron chi connectivity index (χ1n) is 8.00. The summed E-state index contributed by atoms with van der Waals surface area (Å²) in [5.74, 6) is 0.580. The second-order valence-electron chi connectivity index (χ2n) is 5.80. The fourth-order valence-electron chi connectivity index (χ4n) is 2.78. The number of pyridine rings is 1. The van der Waals surface area contributed by atoms with Crippen LogP contribution in [0.15, 0.2) is 24.5 Å². The molecule has 8 nitrogen and oxygen atoms in total. The van der Waals surface area contributed by atoms with Gasteiger partial charge in [0.1, 0.15) is 18.2 Å². The summed E-state index contributed by atoms with van der Waals surface area (Å²) in [5.41, 5.74) is 0.543. The first kappa shape index (κ1) is 16.1. The molecule has 24 heavy (non-hydrogen) atoms. The molecule has 126 valence electrons. The lowest BCUT2D eigenvalue weighted by Gasteiger charge is -2.22. The molecule has 1 N–H and O–H groups in total. The van der Waals surface area contributed by atoms with Crippen molar-refractivity contribution < 1.29 is 9.66 Å². The third-order valence-electron chi connectivity index (χ3n) is 3.94. The smallest absolute Gasteiger partial charge is 0.373 e. The number of nitrogens with zero attached hydrogens (tertiary/aromatic N) is 4. The summed E-state index contributed by atoms with van der Waals surface area (Å²) in [6.07, 6.45) is 6.34. The van der Waals surface area contributed by atoms with Crippen molar-refractivity contribution in [2.75, 3.05) is 5.32 Å². The van der Waals surface area contributed by atoms with Crippen molar-refractivity contribution in [1.29, 1.82) is 0 Å². The van der Waals surface area contributed by atoms with E-state index in [0.29, 0.717) is 5.82 Å². The summed E-state index contributed by atoms with van der Waals surface area (Å²) in [6, 6.07) is 5.38. The maximum atomic E-state index is 11.5. The molecule has 0 radical (unpaired) electrons. The van der Waals surface area contributed by atoms with Gasteiger partial charge in [-0.1, -0.05) is 12.5 Å². The summed E-state index contributed by atoms with van der Waals surface area (Å²) >= 11 is 0. The Hall–Kier alpha value is -2.77. The topological polar surface area (TPSA) is 103 Å². The van der Waals surface area contributed by atoms with Crippen LogP contribution in [0, 0.1) is 17.0 Å². The van der Waals surface area contributed by atoms with Gasteiger partial charge < -0.3 is 10.1 Å². The Balaban J connectivity index is 1.88. The molecule has 2 aromatic heterocycles. The van der Waals surface area contributed by atoms with Crippen molar-refractivity contribution in [3.05, 3.63) is 40.3 Å². The molecule has 0 bridgehead atoms. The van der Waals surface area contributed by atoms with E-state index < -0.39 is 4.92 Å². The molecular weight excluding hydrogens is 310 g/mol. The number of hydrogen-bond acceptors (Lipinski definition) is 7. The molecule has 0 saturated heterocycles. The van der Waals surface area contributed by atoms with Gasteiger partial charge in [0.2, 0.25) is 5.82 Å². The number of nitro groups is 1. The van der Waals surface area contributed by atoms with Gasteiger partial charge in [-0.3, -0.25) is 10.1 Å². The molecular formula is C16H19N5O3. The van der Waals surface area contributed by atoms with Gasteiger partial charge in [-0.15, -0.1) is 0 Å². The molecule has 0 unspecified atom stereocenters. The van der Waals surface area contributed by atoms with Crippen LogP contribution in [0.1, 0.15) is 37.8 Å². The summed E-state index contributed by atoms with van der Waals surface area (Å²) in [4.78, 5) is 23.3. The van der Waals surface area contributed by atoms with Gasteiger partial charge >= 0.3 is 5.69 Å². The predicted molar refractivity (Wildman–Crippen MR) is 88.4 cm³/mol. The van der Waals surface area contributed by atoms with Crippen LogP contribution in [-0.2, 0) is 0 Å². The normalized spacial score (nSPS) is 15.0. The predicted octanol–water partition coefficient (Wildman–Crippen LogP) is 3.54. The molecule has 2 heterocycles. The van der Waals surface area contributed by atoms with Gasteiger partial charge in [-0.25, -0.2) is 9.97 Å². The average Bonchev–Trinajstić information content (AvgIpc) is 2.56. The van der Waals surface area contributed by atoms with Crippen molar-refractivity contribution in [1.82, 2.24) is 15.0 Å². The van der Waals surface area contributed by atoms with Gasteiger partial charge in [-0.2, -0.15) is 4.98 Å². The molecule has 0 aromatic carbocycles. The van der Waals surface area contributed by atoms with Crippen LogP contribution in [-0.4, -0.2) is 26.0 Å². The van der Waals surface area contributed by atoms with E-state index in [1.165, 1.54) is 12.7 Å². The quantitative estimate of drug-likeness (QED) is 0.661. The Morgan fingerprint density at radius 1 is 1.25 bits per heavy atom. The minimum Gasteiger partial charge on any atom is -0.469 e. The van der Waals surface area contributed by atoms with Crippen molar-refractivity contribution in [3.8, 4) is 5.88 Å². The van der Waals surface area contributed by atoms with Crippen LogP contribution in [0.5, 0.6) is 5.88 Å². The lowest BCUT2D eigenvalue weighted by atomic mass is 9.98. The third kappa shape index (κ3) is 3.76. The van der Waals surface area contributed by atoms with Crippen LogP contribution in [0.2, 0.25) is 0 Å². The van der Waals surface area contributed by atoms with Crippen molar-refractivity contribution in [2.24, 2.45) is 0 Å². The number of aryl methyl sites for hydroxylation is 1. The van der Waals surface area contributed by atoms with Gasteiger partial charge in [0, 0.05) is 5.69 Å². The molecule has 1 aliphatic rings. The highest BCUT2D eigenvalue weighted by atomic mass is 16.6. The summed E-state index contributed by atoms with van der Waals surface area (Å²) in [7, 11) is 0. The molecule has 0 aliphatic heterocycles. The Labute approximate surface area is 139 Å². The molecule has 8 heteroatoms. The highest BCUT2D eigenvalue weighted by Crippen LogP contribution is 2.34. The molecule has 1 saturated carbocycles. The van der Waals surface area contributed by atoms with E-state index in [1.807, 2.05) is 19.1 Å². The molecule has 1 aliphatic carbocycles. The fraction of sp³-hybridized carbons (Fsp3) is 0.438. The van der Waals surface area contributed by atoms with E-state index in [4.69, 9.17) is 4.74 Å². The van der Waals surface area contributed by atoms with Crippen molar-refractivity contribution in [2.45, 2.75) is 45.1 Å². The maximum absolute atomic E-state index is 11.5.